The first-order valence-electron chi connectivity index (χ1n) is 9.51. The van der Waals surface area contributed by atoms with E-state index in [1.807, 2.05) is 12.1 Å². The molecule has 2 aromatic rings. The highest BCUT2D eigenvalue weighted by Gasteiger charge is 2.20. The fourth-order valence-corrected chi connectivity index (χ4v) is 3.36. The van der Waals surface area contributed by atoms with Crippen LogP contribution in [0.1, 0.15) is 23.6 Å². The predicted molar refractivity (Wildman–Crippen MR) is 106 cm³/mol. The molecule has 5 nitrogen and oxygen atoms in total. The summed E-state index contributed by atoms with van der Waals surface area (Å²) in [5, 5.41) is 9.02. The minimum Gasteiger partial charge on any atom is -0.490 e. The van der Waals surface area contributed by atoms with Gasteiger partial charge in [-0.3, -0.25) is 4.90 Å². The number of hydrogen-bond donors (Lipinski definition) is 1. The third-order valence-corrected chi connectivity index (χ3v) is 4.95. The van der Waals surface area contributed by atoms with Crippen molar-refractivity contribution in [1.82, 2.24) is 9.80 Å². The second kappa shape index (κ2) is 8.91. The number of nitrogens with zero attached hydrogens (tertiary/aromatic N) is 2. The maximum absolute atomic E-state index is 11.0. The minimum atomic E-state index is -0.819. The molecule has 1 N–H and O–H groups in total. The minimum absolute atomic E-state index is 0.114. The summed E-state index contributed by atoms with van der Waals surface area (Å²) in [6, 6.07) is 16.8. The van der Waals surface area contributed by atoms with Crippen LogP contribution in [0.2, 0.25) is 0 Å². The number of carbonyl (C=O) groups is 1. The molecule has 3 rings (SSSR count). The van der Waals surface area contributed by atoms with Crippen LogP contribution >= 0.6 is 0 Å². The molecule has 1 aliphatic heterocycles. The lowest BCUT2D eigenvalue weighted by Gasteiger charge is -2.33. The summed E-state index contributed by atoms with van der Waals surface area (Å²) in [6.45, 7) is 7.77. The second-order valence-corrected chi connectivity index (χ2v) is 7.31. The number of amides is 1. The van der Waals surface area contributed by atoms with Crippen LogP contribution in [0.15, 0.2) is 48.5 Å². The Morgan fingerprint density at radius 3 is 2.19 bits per heavy atom. The summed E-state index contributed by atoms with van der Waals surface area (Å²) >= 11 is 0. The molecule has 27 heavy (non-hydrogen) atoms. The van der Waals surface area contributed by atoms with Crippen molar-refractivity contribution < 1.29 is 14.6 Å². The molecule has 1 amide bonds. The standard InChI is InChI=1S/C22H28N2O3/c1-17-3-9-21(10-4-17)27-18(2)15-19-5-7-20(8-6-19)16-23-11-13-24(14-12-23)22(25)26/h3-10,18H,11-16H2,1-2H3,(H,25,26). The van der Waals surface area contributed by atoms with Gasteiger partial charge < -0.3 is 14.7 Å². The molecular weight excluding hydrogens is 340 g/mol. The zero-order chi connectivity index (χ0) is 19.2. The molecule has 1 heterocycles. The first-order chi connectivity index (χ1) is 13.0. The van der Waals surface area contributed by atoms with Gasteiger partial charge in [0.1, 0.15) is 5.75 Å². The van der Waals surface area contributed by atoms with Crippen molar-refractivity contribution in [2.45, 2.75) is 32.9 Å². The Hall–Kier alpha value is -2.53. The van der Waals surface area contributed by atoms with Crippen molar-refractivity contribution in [2.75, 3.05) is 26.2 Å². The van der Waals surface area contributed by atoms with Crippen LogP contribution in [0, 0.1) is 6.92 Å². The van der Waals surface area contributed by atoms with Gasteiger partial charge in [0.2, 0.25) is 0 Å². The number of ether oxygens (including phenoxy) is 1. The number of piperazine rings is 1. The second-order valence-electron chi connectivity index (χ2n) is 7.31. The van der Waals surface area contributed by atoms with Crippen LogP contribution in [0.25, 0.3) is 0 Å². The molecule has 0 spiro atoms. The molecule has 5 heteroatoms. The highest BCUT2D eigenvalue weighted by molar-refractivity contribution is 5.65. The maximum Gasteiger partial charge on any atom is 0.407 e. The van der Waals surface area contributed by atoms with E-state index in [-0.39, 0.29) is 6.10 Å². The van der Waals surface area contributed by atoms with E-state index < -0.39 is 6.09 Å². The molecule has 2 aromatic carbocycles. The molecule has 0 aliphatic carbocycles. The number of aryl methyl sites for hydroxylation is 1. The van der Waals surface area contributed by atoms with Crippen molar-refractivity contribution >= 4 is 6.09 Å². The van der Waals surface area contributed by atoms with E-state index in [1.165, 1.54) is 21.6 Å². The smallest absolute Gasteiger partial charge is 0.407 e. The summed E-state index contributed by atoms with van der Waals surface area (Å²) in [7, 11) is 0. The fourth-order valence-electron chi connectivity index (χ4n) is 3.36. The molecule has 1 aliphatic rings. The van der Waals surface area contributed by atoms with E-state index in [4.69, 9.17) is 9.84 Å². The lowest BCUT2D eigenvalue weighted by atomic mass is 10.1. The van der Waals surface area contributed by atoms with Crippen molar-refractivity contribution in [3.63, 3.8) is 0 Å². The number of rotatable bonds is 6. The summed E-state index contributed by atoms with van der Waals surface area (Å²) in [4.78, 5) is 14.8. The number of hydrogen-bond acceptors (Lipinski definition) is 3. The van der Waals surface area contributed by atoms with Crippen LogP contribution in [-0.2, 0) is 13.0 Å². The van der Waals surface area contributed by atoms with E-state index in [9.17, 15) is 4.79 Å². The van der Waals surface area contributed by atoms with Gasteiger partial charge in [-0.25, -0.2) is 4.79 Å². The lowest BCUT2D eigenvalue weighted by Crippen LogP contribution is -2.47. The Labute approximate surface area is 161 Å². The molecule has 1 unspecified atom stereocenters. The summed E-state index contributed by atoms with van der Waals surface area (Å²) < 4.78 is 5.99. The van der Waals surface area contributed by atoms with Gasteiger partial charge in [0.05, 0.1) is 6.10 Å². The van der Waals surface area contributed by atoms with Gasteiger partial charge in [0.15, 0.2) is 0 Å². The van der Waals surface area contributed by atoms with Crippen molar-refractivity contribution in [1.29, 1.82) is 0 Å². The van der Waals surface area contributed by atoms with Gasteiger partial charge in [0, 0.05) is 39.1 Å². The Morgan fingerprint density at radius 2 is 1.59 bits per heavy atom. The number of carboxylic acid groups (broad SMARTS) is 1. The molecule has 1 atom stereocenters. The van der Waals surface area contributed by atoms with Crippen molar-refractivity contribution in [3.05, 3.63) is 65.2 Å². The fraction of sp³-hybridized carbons (Fsp3) is 0.409. The van der Waals surface area contributed by atoms with Crippen molar-refractivity contribution in [2.24, 2.45) is 0 Å². The molecule has 0 aromatic heterocycles. The van der Waals surface area contributed by atoms with E-state index in [1.54, 1.807) is 0 Å². The Balaban J connectivity index is 1.47. The van der Waals surface area contributed by atoms with Crippen LogP contribution < -0.4 is 4.74 Å². The topological polar surface area (TPSA) is 53.0 Å². The molecule has 1 saturated heterocycles. The summed E-state index contributed by atoms with van der Waals surface area (Å²) in [5.74, 6) is 0.908. The van der Waals surface area contributed by atoms with E-state index in [2.05, 4.69) is 55.1 Å². The van der Waals surface area contributed by atoms with E-state index in [0.717, 1.165) is 31.8 Å². The third kappa shape index (κ3) is 5.73. The largest absolute Gasteiger partial charge is 0.490 e. The summed E-state index contributed by atoms with van der Waals surface area (Å²) in [6.07, 6.45) is 0.162. The normalized spacial score (nSPS) is 16.1. The van der Waals surface area contributed by atoms with Crippen molar-refractivity contribution in [3.8, 4) is 5.75 Å². The van der Waals surface area contributed by atoms with Crippen LogP contribution in [0.4, 0.5) is 4.79 Å². The lowest BCUT2D eigenvalue weighted by molar-refractivity contribution is 0.103. The molecular formula is C22H28N2O3. The maximum atomic E-state index is 11.0. The average Bonchev–Trinajstić information content (AvgIpc) is 2.66. The third-order valence-electron chi connectivity index (χ3n) is 4.95. The monoisotopic (exact) mass is 368 g/mol. The average molecular weight is 368 g/mol. The molecule has 1 fully saturated rings. The zero-order valence-corrected chi connectivity index (χ0v) is 16.1. The summed E-state index contributed by atoms with van der Waals surface area (Å²) in [5.41, 5.74) is 3.75. The van der Waals surface area contributed by atoms with Crippen LogP contribution in [0.3, 0.4) is 0 Å². The Kier molecular flexibility index (Phi) is 6.35. The van der Waals surface area contributed by atoms with Gasteiger partial charge in [-0.2, -0.15) is 0 Å². The first kappa shape index (κ1) is 19.2. The molecule has 0 bridgehead atoms. The van der Waals surface area contributed by atoms with Gasteiger partial charge in [-0.05, 0) is 37.1 Å². The molecule has 144 valence electrons. The van der Waals surface area contributed by atoms with Gasteiger partial charge in [-0.1, -0.05) is 42.0 Å². The highest BCUT2D eigenvalue weighted by Crippen LogP contribution is 2.16. The van der Waals surface area contributed by atoms with Crippen LogP contribution in [-0.4, -0.2) is 53.3 Å². The van der Waals surface area contributed by atoms with Gasteiger partial charge in [-0.15, -0.1) is 0 Å². The SMILES string of the molecule is Cc1ccc(OC(C)Cc2ccc(CN3CCN(C(=O)O)CC3)cc2)cc1. The van der Waals surface area contributed by atoms with Gasteiger partial charge >= 0.3 is 6.09 Å². The van der Waals surface area contributed by atoms with Gasteiger partial charge in [0.25, 0.3) is 0 Å². The highest BCUT2D eigenvalue weighted by atomic mass is 16.5. The quantitative estimate of drug-likeness (QED) is 0.843. The van der Waals surface area contributed by atoms with E-state index >= 15 is 0 Å². The predicted octanol–water partition coefficient (Wildman–Crippen LogP) is 3.80. The molecule has 0 radical (unpaired) electrons. The Bertz CT molecular complexity index is 735. The Morgan fingerprint density at radius 1 is 1.00 bits per heavy atom. The number of benzene rings is 2. The molecule has 0 saturated carbocycles. The zero-order valence-electron chi connectivity index (χ0n) is 16.1. The van der Waals surface area contributed by atoms with E-state index in [0.29, 0.717) is 13.1 Å². The first-order valence-corrected chi connectivity index (χ1v) is 9.51. The van der Waals surface area contributed by atoms with Crippen LogP contribution in [0.5, 0.6) is 5.75 Å².